The van der Waals surface area contributed by atoms with Gasteiger partial charge in [0, 0.05) is 5.56 Å². The van der Waals surface area contributed by atoms with E-state index in [4.69, 9.17) is 0 Å². The highest BCUT2D eigenvalue weighted by Gasteiger charge is 2.37. The molecule has 4 heteroatoms. The van der Waals surface area contributed by atoms with Crippen LogP contribution in [-0.4, -0.2) is 10.2 Å². The molecule has 2 aromatic heterocycles. The van der Waals surface area contributed by atoms with E-state index in [1.807, 2.05) is 5.38 Å². The summed E-state index contributed by atoms with van der Waals surface area (Å²) in [5.74, 6) is 1.38. The number of rotatable bonds is 23. The van der Waals surface area contributed by atoms with Crippen LogP contribution in [0.4, 0.5) is 0 Å². The van der Waals surface area contributed by atoms with Crippen molar-refractivity contribution < 1.29 is 10.2 Å². The Kier molecular flexibility index (Phi) is 16.9. The molecular formula is C34H58O2S2. The maximum atomic E-state index is 12.6. The molecule has 0 radical (unpaired) electrons. The molecule has 218 valence electrons. The lowest BCUT2D eigenvalue weighted by Crippen LogP contribution is -2.31. The molecule has 0 saturated heterocycles. The average molecular weight is 563 g/mol. The lowest BCUT2D eigenvalue weighted by atomic mass is 9.75. The van der Waals surface area contributed by atoms with Crippen LogP contribution < -0.4 is 0 Å². The van der Waals surface area contributed by atoms with E-state index in [9.17, 15) is 10.2 Å². The van der Waals surface area contributed by atoms with Crippen LogP contribution in [-0.2, 0) is 5.60 Å². The molecular weight excluding hydrogens is 505 g/mol. The van der Waals surface area contributed by atoms with Crippen molar-refractivity contribution in [1.29, 1.82) is 0 Å². The van der Waals surface area contributed by atoms with Gasteiger partial charge in [-0.2, -0.15) is 0 Å². The number of unbranched alkanes of at least 4 members (excludes halogenated alkanes) is 11. The molecule has 2 nitrogen and oxygen atoms in total. The highest BCUT2D eigenvalue weighted by atomic mass is 32.1. The van der Waals surface area contributed by atoms with Crippen LogP contribution in [0.15, 0.2) is 22.9 Å². The fourth-order valence-electron chi connectivity index (χ4n) is 6.12. The van der Waals surface area contributed by atoms with Gasteiger partial charge in [0.15, 0.2) is 0 Å². The van der Waals surface area contributed by atoms with Gasteiger partial charge in [0.25, 0.3) is 0 Å². The Labute approximate surface area is 243 Å². The maximum absolute atomic E-state index is 12.6. The van der Waals surface area contributed by atoms with E-state index in [0.29, 0.717) is 17.6 Å². The summed E-state index contributed by atoms with van der Waals surface area (Å²) in [6, 6.07) is 3.94. The van der Waals surface area contributed by atoms with Crippen molar-refractivity contribution in [3.05, 3.63) is 28.5 Å². The Balaban J connectivity index is 2.23. The van der Waals surface area contributed by atoms with Crippen molar-refractivity contribution >= 4 is 22.7 Å². The molecule has 2 heterocycles. The SMILES string of the molecule is CCCCCCCCC(CCCCCC)CC(O)(CC(C)CCCCCC)c1ccsc1-c1sccc1O. The first-order chi connectivity index (χ1) is 18.4. The van der Waals surface area contributed by atoms with Crippen molar-refractivity contribution in [3.63, 3.8) is 0 Å². The molecule has 0 aliphatic rings. The molecule has 38 heavy (non-hydrogen) atoms. The van der Waals surface area contributed by atoms with Crippen molar-refractivity contribution in [3.8, 4) is 15.5 Å². The van der Waals surface area contributed by atoms with Crippen LogP contribution in [0.25, 0.3) is 9.75 Å². The normalized spacial score (nSPS) is 15.0. The zero-order valence-electron chi connectivity index (χ0n) is 25.1. The van der Waals surface area contributed by atoms with Gasteiger partial charge in [-0.25, -0.2) is 0 Å². The van der Waals surface area contributed by atoms with Gasteiger partial charge in [-0.05, 0) is 47.6 Å². The first-order valence-corrected chi connectivity index (χ1v) is 17.8. The van der Waals surface area contributed by atoms with Gasteiger partial charge in [0.2, 0.25) is 0 Å². The standard InChI is InChI=1S/C34H58O2S2/c1-5-8-11-14-15-18-21-29(20-17-13-10-7-3)27-34(36,26-28(4)19-16-12-9-6-2)30-22-24-37-32(30)33-31(35)23-25-38-33/h22-25,28-29,35-36H,5-21,26-27H2,1-4H3. The summed E-state index contributed by atoms with van der Waals surface area (Å²) >= 11 is 3.26. The van der Waals surface area contributed by atoms with Gasteiger partial charge >= 0.3 is 0 Å². The molecule has 3 unspecified atom stereocenters. The summed E-state index contributed by atoms with van der Waals surface area (Å²) in [5.41, 5.74) is 0.218. The van der Waals surface area contributed by atoms with Crippen LogP contribution in [0.1, 0.15) is 155 Å². The lowest BCUT2D eigenvalue weighted by Gasteiger charge is -2.35. The van der Waals surface area contributed by atoms with E-state index >= 15 is 0 Å². The van der Waals surface area contributed by atoms with E-state index in [-0.39, 0.29) is 0 Å². The third-order valence-electron chi connectivity index (χ3n) is 8.31. The minimum atomic E-state index is -0.840. The summed E-state index contributed by atoms with van der Waals surface area (Å²) in [6.07, 6.45) is 23.6. The molecule has 0 aromatic carbocycles. The van der Waals surface area contributed by atoms with Gasteiger partial charge in [-0.1, -0.05) is 137 Å². The zero-order valence-corrected chi connectivity index (χ0v) is 26.7. The molecule has 3 atom stereocenters. The Bertz CT molecular complexity index is 841. The second-order valence-electron chi connectivity index (χ2n) is 12.0. The van der Waals surface area contributed by atoms with Crippen LogP contribution in [0.3, 0.4) is 0 Å². The summed E-state index contributed by atoms with van der Waals surface area (Å²) in [6.45, 7) is 9.18. The van der Waals surface area contributed by atoms with Crippen LogP contribution in [0.2, 0.25) is 0 Å². The largest absolute Gasteiger partial charge is 0.506 e. The topological polar surface area (TPSA) is 40.5 Å². The highest BCUT2D eigenvalue weighted by Crippen LogP contribution is 2.48. The van der Waals surface area contributed by atoms with Gasteiger partial charge in [0.1, 0.15) is 5.75 Å². The van der Waals surface area contributed by atoms with Crippen molar-refractivity contribution in [2.24, 2.45) is 11.8 Å². The summed E-state index contributed by atoms with van der Waals surface area (Å²) < 4.78 is 0. The van der Waals surface area contributed by atoms with E-state index < -0.39 is 5.60 Å². The molecule has 0 aliphatic carbocycles. The maximum Gasteiger partial charge on any atom is 0.135 e. The number of aliphatic hydroxyl groups is 1. The first kappa shape index (κ1) is 33.4. The third-order valence-corrected chi connectivity index (χ3v) is 10.3. The van der Waals surface area contributed by atoms with E-state index in [2.05, 4.69) is 39.1 Å². The predicted octanol–water partition coefficient (Wildman–Crippen LogP) is 12.1. The molecule has 0 aliphatic heterocycles. The zero-order chi connectivity index (χ0) is 27.6. The third kappa shape index (κ3) is 11.7. The number of hydrogen-bond donors (Lipinski definition) is 2. The molecule has 0 bridgehead atoms. The lowest BCUT2D eigenvalue weighted by molar-refractivity contribution is -0.0136. The van der Waals surface area contributed by atoms with Crippen LogP contribution >= 0.6 is 22.7 Å². The minimum absolute atomic E-state index is 0.344. The Hall–Kier alpha value is -0.840. The summed E-state index contributed by atoms with van der Waals surface area (Å²) in [5, 5.41) is 27.2. The van der Waals surface area contributed by atoms with Gasteiger partial charge in [0.05, 0.1) is 15.4 Å². The van der Waals surface area contributed by atoms with Crippen LogP contribution in [0, 0.1) is 11.8 Å². The van der Waals surface area contributed by atoms with Crippen LogP contribution in [0.5, 0.6) is 5.75 Å². The summed E-state index contributed by atoms with van der Waals surface area (Å²) in [7, 11) is 0. The predicted molar refractivity (Wildman–Crippen MR) is 171 cm³/mol. The smallest absolute Gasteiger partial charge is 0.135 e. The number of hydrogen-bond acceptors (Lipinski definition) is 4. The summed E-state index contributed by atoms with van der Waals surface area (Å²) in [4.78, 5) is 1.99. The quantitative estimate of drug-likeness (QED) is 0.132. The fraction of sp³-hybridized carbons (Fsp3) is 0.765. The van der Waals surface area contributed by atoms with E-state index in [1.54, 1.807) is 28.7 Å². The van der Waals surface area contributed by atoms with Gasteiger partial charge in [-0.3, -0.25) is 0 Å². The van der Waals surface area contributed by atoms with Crippen molar-refractivity contribution in [2.45, 2.75) is 155 Å². The number of aromatic hydroxyl groups is 1. The Morgan fingerprint density at radius 2 is 1.16 bits per heavy atom. The molecule has 0 saturated carbocycles. The Morgan fingerprint density at radius 1 is 0.658 bits per heavy atom. The Morgan fingerprint density at radius 3 is 1.74 bits per heavy atom. The van der Waals surface area contributed by atoms with Crippen molar-refractivity contribution in [1.82, 2.24) is 0 Å². The monoisotopic (exact) mass is 562 g/mol. The molecule has 0 spiro atoms. The first-order valence-electron chi connectivity index (χ1n) is 16.0. The highest BCUT2D eigenvalue weighted by molar-refractivity contribution is 7.20. The molecule has 2 aromatic rings. The van der Waals surface area contributed by atoms with Gasteiger partial charge < -0.3 is 10.2 Å². The average Bonchev–Trinajstić information content (AvgIpc) is 3.55. The molecule has 0 amide bonds. The molecule has 2 rings (SSSR count). The van der Waals surface area contributed by atoms with E-state index in [1.165, 1.54) is 109 Å². The van der Waals surface area contributed by atoms with E-state index in [0.717, 1.165) is 28.2 Å². The van der Waals surface area contributed by atoms with Crippen molar-refractivity contribution in [2.75, 3.05) is 0 Å². The molecule has 2 N–H and O–H groups in total. The fourth-order valence-corrected chi connectivity index (χ4v) is 8.09. The second-order valence-corrected chi connectivity index (χ2v) is 13.8. The minimum Gasteiger partial charge on any atom is -0.506 e. The van der Waals surface area contributed by atoms with Gasteiger partial charge in [-0.15, -0.1) is 22.7 Å². The molecule has 0 fully saturated rings. The number of thiophene rings is 2. The second kappa shape index (κ2) is 19.3.